The van der Waals surface area contributed by atoms with Gasteiger partial charge in [-0.15, -0.1) is 0 Å². The van der Waals surface area contributed by atoms with Gasteiger partial charge >= 0.3 is 0 Å². The van der Waals surface area contributed by atoms with Crippen molar-refractivity contribution in [2.75, 3.05) is 12.4 Å². The molecular formula is C19H20N4O2S. The molecule has 1 saturated carbocycles. The van der Waals surface area contributed by atoms with Crippen LogP contribution in [0.4, 0.5) is 5.69 Å². The predicted molar refractivity (Wildman–Crippen MR) is 100 cm³/mol. The fourth-order valence-electron chi connectivity index (χ4n) is 2.51. The van der Waals surface area contributed by atoms with E-state index >= 15 is 0 Å². The highest BCUT2D eigenvalue weighted by molar-refractivity contribution is 8.00. The van der Waals surface area contributed by atoms with Crippen molar-refractivity contribution in [3.8, 4) is 11.8 Å². The third-order valence-electron chi connectivity index (χ3n) is 4.15. The van der Waals surface area contributed by atoms with E-state index in [1.54, 1.807) is 26.2 Å². The van der Waals surface area contributed by atoms with Crippen molar-refractivity contribution in [2.45, 2.75) is 42.9 Å². The quantitative estimate of drug-likeness (QED) is 0.618. The van der Waals surface area contributed by atoms with Crippen LogP contribution in [0.5, 0.6) is 5.75 Å². The molecule has 1 aromatic carbocycles. The number of aromatic nitrogens is 2. The van der Waals surface area contributed by atoms with Gasteiger partial charge in [0.25, 0.3) is 0 Å². The lowest BCUT2D eigenvalue weighted by atomic mass is 10.2. The lowest BCUT2D eigenvalue weighted by Gasteiger charge is -2.15. The second-order valence-electron chi connectivity index (χ2n) is 6.18. The van der Waals surface area contributed by atoms with Crippen molar-refractivity contribution in [3.05, 3.63) is 41.3 Å². The maximum absolute atomic E-state index is 12.6. The molecule has 6 nitrogen and oxygen atoms in total. The summed E-state index contributed by atoms with van der Waals surface area (Å²) < 4.78 is 5.26. The molecule has 0 bridgehead atoms. The summed E-state index contributed by atoms with van der Waals surface area (Å²) in [5.74, 6) is 1.59. The van der Waals surface area contributed by atoms with Gasteiger partial charge in [-0.25, -0.2) is 9.97 Å². The number of ether oxygens (including phenoxy) is 1. The first-order chi connectivity index (χ1) is 12.5. The number of methoxy groups -OCH3 is 1. The van der Waals surface area contributed by atoms with Crippen molar-refractivity contribution >= 4 is 23.4 Å². The predicted octanol–water partition coefficient (Wildman–Crippen LogP) is 3.66. The fraction of sp³-hybridized carbons (Fsp3) is 0.368. The van der Waals surface area contributed by atoms with Crippen molar-refractivity contribution in [1.82, 2.24) is 9.97 Å². The lowest BCUT2D eigenvalue weighted by Crippen LogP contribution is -2.23. The number of hydrogen-bond donors (Lipinski definition) is 1. The topological polar surface area (TPSA) is 87.9 Å². The van der Waals surface area contributed by atoms with E-state index < -0.39 is 5.25 Å². The Balaban J connectivity index is 1.78. The summed E-state index contributed by atoms with van der Waals surface area (Å²) in [7, 11) is 1.56. The molecule has 1 fully saturated rings. The Morgan fingerprint density at radius 3 is 2.77 bits per heavy atom. The molecule has 1 aliphatic rings. The molecule has 1 aromatic heterocycles. The van der Waals surface area contributed by atoms with Crippen molar-refractivity contribution in [3.63, 3.8) is 0 Å². The van der Waals surface area contributed by atoms with Crippen LogP contribution in [0.1, 0.15) is 42.8 Å². The normalized spacial score (nSPS) is 14.4. The van der Waals surface area contributed by atoms with E-state index in [1.165, 1.54) is 11.8 Å². The van der Waals surface area contributed by atoms with Gasteiger partial charge in [-0.2, -0.15) is 5.26 Å². The summed E-state index contributed by atoms with van der Waals surface area (Å²) in [6.07, 6.45) is 2.17. The molecular weight excluding hydrogens is 348 g/mol. The summed E-state index contributed by atoms with van der Waals surface area (Å²) in [5, 5.41) is 12.5. The maximum Gasteiger partial charge on any atom is 0.237 e. The van der Waals surface area contributed by atoms with E-state index in [0.29, 0.717) is 33.6 Å². The van der Waals surface area contributed by atoms with E-state index in [4.69, 9.17) is 4.74 Å². The molecule has 1 aliphatic carbocycles. The maximum atomic E-state index is 12.6. The van der Waals surface area contributed by atoms with Crippen LogP contribution >= 0.6 is 11.8 Å². The van der Waals surface area contributed by atoms with Crippen LogP contribution < -0.4 is 10.1 Å². The number of anilines is 1. The minimum absolute atomic E-state index is 0.173. The van der Waals surface area contributed by atoms with E-state index in [-0.39, 0.29) is 5.91 Å². The van der Waals surface area contributed by atoms with Gasteiger partial charge in [0.2, 0.25) is 5.91 Å². The summed E-state index contributed by atoms with van der Waals surface area (Å²) in [4.78, 5) is 21.6. The highest BCUT2D eigenvalue weighted by atomic mass is 32.2. The molecule has 1 N–H and O–H groups in total. The molecule has 0 spiro atoms. The molecule has 1 atom stereocenters. The average molecular weight is 368 g/mol. The molecule has 7 heteroatoms. The molecule has 0 unspecified atom stereocenters. The third kappa shape index (κ3) is 3.97. The summed E-state index contributed by atoms with van der Waals surface area (Å²) in [6, 6.07) is 9.42. The Morgan fingerprint density at radius 2 is 2.12 bits per heavy atom. The van der Waals surface area contributed by atoms with Crippen LogP contribution in [0.3, 0.4) is 0 Å². The number of amides is 1. The zero-order valence-corrected chi connectivity index (χ0v) is 15.8. The van der Waals surface area contributed by atoms with Gasteiger partial charge in [-0.05, 0) is 38.8 Å². The Labute approximate surface area is 157 Å². The molecule has 2 aromatic rings. The van der Waals surface area contributed by atoms with Crippen molar-refractivity contribution < 1.29 is 9.53 Å². The first kappa shape index (κ1) is 18.2. The second-order valence-corrected chi connectivity index (χ2v) is 7.51. The van der Waals surface area contributed by atoms with Gasteiger partial charge in [0.15, 0.2) is 0 Å². The fourth-order valence-corrected chi connectivity index (χ4v) is 3.47. The number of aryl methyl sites for hydroxylation is 1. The van der Waals surface area contributed by atoms with Crippen LogP contribution in [0.2, 0.25) is 0 Å². The van der Waals surface area contributed by atoms with Crippen molar-refractivity contribution in [1.29, 1.82) is 5.26 Å². The minimum atomic E-state index is -0.423. The molecule has 0 radical (unpaired) electrons. The van der Waals surface area contributed by atoms with E-state index in [2.05, 4.69) is 21.4 Å². The Kier molecular flexibility index (Phi) is 5.43. The first-order valence-electron chi connectivity index (χ1n) is 8.42. The van der Waals surface area contributed by atoms with Crippen molar-refractivity contribution in [2.24, 2.45) is 0 Å². The van der Waals surface area contributed by atoms with E-state index in [1.807, 2.05) is 19.1 Å². The molecule has 0 saturated heterocycles. The average Bonchev–Trinajstić information content (AvgIpc) is 3.47. The highest BCUT2D eigenvalue weighted by Crippen LogP contribution is 2.39. The Morgan fingerprint density at radius 1 is 1.38 bits per heavy atom. The van der Waals surface area contributed by atoms with Gasteiger partial charge < -0.3 is 10.1 Å². The van der Waals surface area contributed by atoms with Gasteiger partial charge in [0.1, 0.15) is 28.2 Å². The smallest absolute Gasteiger partial charge is 0.237 e. The number of rotatable bonds is 6. The molecule has 0 aliphatic heterocycles. The standard InChI is InChI=1S/C19H20N4O2S/c1-11-14(10-20)19(23-17(21-11)13-8-9-13)26-12(2)18(24)22-15-6-4-5-7-16(15)25-3/h4-7,12-13H,8-9H2,1-3H3,(H,22,24)/t12-/m0/s1. The number of carbonyl (C=O) groups excluding carboxylic acids is 1. The first-order valence-corrected chi connectivity index (χ1v) is 9.30. The Bertz CT molecular complexity index is 874. The van der Waals surface area contributed by atoms with Gasteiger partial charge in [0, 0.05) is 5.92 Å². The van der Waals surface area contributed by atoms with Crippen LogP contribution in [0, 0.1) is 18.3 Å². The summed E-state index contributed by atoms with van der Waals surface area (Å²) in [6.45, 7) is 3.61. The highest BCUT2D eigenvalue weighted by Gasteiger charge is 2.29. The Hall–Kier alpha value is -2.59. The number of thioether (sulfide) groups is 1. The van der Waals surface area contributed by atoms with Crippen LogP contribution in [0.25, 0.3) is 0 Å². The number of nitriles is 1. The molecule has 26 heavy (non-hydrogen) atoms. The zero-order chi connectivity index (χ0) is 18.7. The molecule has 134 valence electrons. The second kappa shape index (κ2) is 7.75. The SMILES string of the molecule is COc1ccccc1NC(=O)[C@H](C)Sc1nc(C2CC2)nc(C)c1C#N. The zero-order valence-electron chi connectivity index (χ0n) is 14.9. The summed E-state index contributed by atoms with van der Waals surface area (Å²) >= 11 is 1.28. The molecule has 1 amide bonds. The molecule has 1 heterocycles. The monoisotopic (exact) mass is 368 g/mol. The van der Waals surface area contributed by atoms with E-state index in [0.717, 1.165) is 18.7 Å². The van der Waals surface area contributed by atoms with Crippen LogP contribution in [-0.2, 0) is 4.79 Å². The largest absolute Gasteiger partial charge is 0.495 e. The third-order valence-corrected chi connectivity index (χ3v) is 5.24. The van der Waals surface area contributed by atoms with Crippen LogP contribution in [0.15, 0.2) is 29.3 Å². The van der Waals surface area contributed by atoms with Crippen LogP contribution in [-0.4, -0.2) is 28.2 Å². The number of benzene rings is 1. The van der Waals surface area contributed by atoms with Gasteiger partial charge in [-0.1, -0.05) is 23.9 Å². The number of nitrogens with zero attached hydrogens (tertiary/aromatic N) is 3. The summed E-state index contributed by atoms with van der Waals surface area (Å²) in [5.41, 5.74) is 1.73. The number of hydrogen-bond acceptors (Lipinski definition) is 6. The number of para-hydroxylation sites is 2. The van der Waals surface area contributed by atoms with Gasteiger partial charge in [0.05, 0.1) is 23.7 Å². The number of nitrogens with one attached hydrogen (secondary N) is 1. The minimum Gasteiger partial charge on any atom is -0.495 e. The number of carbonyl (C=O) groups is 1. The molecule has 3 rings (SSSR count). The van der Waals surface area contributed by atoms with E-state index in [9.17, 15) is 10.1 Å². The van der Waals surface area contributed by atoms with Gasteiger partial charge in [-0.3, -0.25) is 4.79 Å². The lowest BCUT2D eigenvalue weighted by molar-refractivity contribution is -0.115.